The van der Waals surface area contributed by atoms with Crippen LogP contribution in [0.3, 0.4) is 0 Å². The van der Waals surface area contributed by atoms with Crippen LogP contribution >= 0.6 is 0 Å². The number of amides is 3. The van der Waals surface area contributed by atoms with Gasteiger partial charge in [0.05, 0.1) is 6.54 Å². The highest BCUT2D eigenvalue weighted by atomic mass is 16.5. The van der Waals surface area contributed by atoms with E-state index in [-0.39, 0.29) is 30.1 Å². The Bertz CT molecular complexity index is 1120. The lowest BCUT2D eigenvalue weighted by Crippen LogP contribution is -2.34. The molecule has 0 bridgehead atoms. The minimum absolute atomic E-state index is 0.132. The van der Waals surface area contributed by atoms with Crippen molar-refractivity contribution < 1.29 is 23.9 Å². The van der Waals surface area contributed by atoms with Gasteiger partial charge in [0.1, 0.15) is 5.75 Å². The Morgan fingerprint density at radius 2 is 1.78 bits per heavy atom. The molecular weight excluding hydrogens is 410 g/mol. The Hall–Kier alpha value is -3.68. The highest BCUT2D eigenvalue weighted by molar-refractivity contribution is 6.04. The van der Waals surface area contributed by atoms with Crippen molar-refractivity contribution in [3.05, 3.63) is 59.2 Å². The number of Topliss-reactive ketones (excluding diaryl/α,β-unsaturated/α-hetero) is 1. The molecule has 2 heterocycles. The second kappa shape index (κ2) is 7.78. The number of hydrogen-bond donors (Lipinski definition) is 1. The van der Waals surface area contributed by atoms with Gasteiger partial charge in [0.2, 0.25) is 5.91 Å². The van der Waals surface area contributed by atoms with Gasteiger partial charge in [0, 0.05) is 42.2 Å². The lowest BCUT2D eigenvalue weighted by Gasteiger charge is -2.18. The summed E-state index contributed by atoms with van der Waals surface area (Å²) < 4.78 is 5.90. The maximum atomic E-state index is 13.0. The van der Waals surface area contributed by atoms with Crippen LogP contribution in [0.5, 0.6) is 5.75 Å². The molecular formula is C24H23N3O5. The summed E-state index contributed by atoms with van der Waals surface area (Å²) in [5.41, 5.74) is 7.81. The first-order chi connectivity index (χ1) is 15.4. The van der Waals surface area contributed by atoms with E-state index < -0.39 is 12.0 Å². The average molecular weight is 433 g/mol. The number of ketones is 1. The summed E-state index contributed by atoms with van der Waals surface area (Å²) in [6, 6.07) is 12.3. The third kappa shape index (κ3) is 3.72. The summed E-state index contributed by atoms with van der Waals surface area (Å²) in [6.45, 7) is 0.669. The second-order valence-electron chi connectivity index (χ2n) is 8.52. The SMILES string of the molecule is NC(=O)CN1Cc2ccc(N3CC[C@@H](Oc4ccc(C(=O)C5CC5)cc4)C3=O)cc2C1=O. The van der Waals surface area contributed by atoms with Crippen LogP contribution in [0.4, 0.5) is 5.69 Å². The predicted octanol–water partition coefficient (Wildman–Crippen LogP) is 1.90. The predicted molar refractivity (Wildman–Crippen MR) is 115 cm³/mol. The number of fused-ring (bicyclic) bond motifs is 1. The third-order valence-electron chi connectivity index (χ3n) is 6.15. The first-order valence-corrected chi connectivity index (χ1v) is 10.7. The van der Waals surface area contributed by atoms with E-state index in [1.165, 1.54) is 4.90 Å². The minimum Gasteiger partial charge on any atom is -0.481 e. The van der Waals surface area contributed by atoms with E-state index in [1.54, 1.807) is 47.4 Å². The van der Waals surface area contributed by atoms with E-state index in [4.69, 9.17) is 10.5 Å². The van der Waals surface area contributed by atoms with Crippen LogP contribution < -0.4 is 15.4 Å². The van der Waals surface area contributed by atoms with Crippen molar-refractivity contribution in [2.75, 3.05) is 18.0 Å². The lowest BCUT2D eigenvalue weighted by atomic mass is 10.1. The summed E-state index contributed by atoms with van der Waals surface area (Å²) >= 11 is 0. The Kier molecular flexibility index (Phi) is 4.92. The molecule has 8 nitrogen and oxygen atoms in total. The number of hydrogen-bond acceptors (Lipinski definition) is 5. The van der Waals surface area contributed by atoms with Crippen LogP contribution in [0.1, 0.15) is 45.5 Å². The van der Waals surface area contributed by atoms with E-state index in [9.17, 15) is 19.2 Å². The zero-order valence-electron chi connectivity index (χ0n) is 17.5. The molecule has 2 N–H and O–H groups in total. The van der Waals surface area contributed by atoms with Crippen LogP contribution in [-0.2, 0) is 16.1 Å². The second-order valence-corrected chi connectivity index (χ2v) is 8.52. The van der Waals surface area contributed by atoms with Gasteiger partial charge in [-0.2, -0.15) is 0 Å². The number of carbonyl (C=O) groups is 4. The quantitative estimate of drug-likeness (QED) is 0.671. The van der Waals surface area contributed by atoms with Crippen LogP contribution in [0.15, 0.2) is 42.5 Å². The highest BCUT2D eigenvalue weighted by Crippen LogP contribution is 2.33. The standard InChI is InChI=1S/C24H23N3O5/c25-21(28)13-26-12-16-3-6-17(11-19(16)23(26)30)27-10-9-20(24(27)31)32-18-7-4-15(5-8-18)22(29)14-1-2-14/h3-8,11,14,20H,1-2,9-10,12-13H2,(H2,25,28)/t20-/m1/s1. The summed E-state index contributed by atoms with van der Waals surface area (Å²) in [6.07, 6.45) is 1.80. The molecule has 1 aliphatic carbocycles. The zero-order chi connectivity index (χ0) is 22.4. The van der Waals surface area contributed by atoms with E-state index in [1.807, 2.05) is 0 Å². The molecule has 1 saturated heterocycles. The molecule has 2 aromatic carbocycles. The van der Waals surface area contributed by atoms with Crippen molar-refractivity contribution in [1.82, 2.24) is 4.90 Å². The largest absolute Gasteiger partial charge is 0.481 e. The molecule has 3 aliphatic rings. The summed E-state index contributed by atoms with van der Waals surface area (Å²) in [5, 5.41) is 0. The fourth-order valence-electron chi connectivity index (χ4n) is 4.30. The number of rotatable bonds is 7. The summed E-state index contributed by atoms with van der Waals surface area (Å²) in [4.78, 5) is 51.9. The summed E-state index contributed by atoms with van der Waals surface area (Å²) in [7, 11) is 0. The third-order valence-corrected chi connectivity index (χ3v) is 6.15. The number of carbonyl (C=O) groups excluding carboxylic acids is 4. The van der Waals surface area contributed by atoms with Crippen LogP contribution in [0.2, 0.25) is 0 Å². The van der Waals surface area contributed by atoms with Crippen molar-refractivity contribution >= 4 is 29.2 Å². The number of nitrogens with two attached hydrogens (primary N) is 1. The normalized spacial score (nSPS) is 19.9. The maximum Gasteiger partial charge on any atom is 0.268 e. The first kappa shape index (κ1) is 20.2. The number of primary amides is 1. The summed E-state index contributed by atoms with van der Waals surface area (Å²) in [5.74, 6) is -0.132. The van der Waals surface area contributed by atoms with Crippen molar-refractivity contribution in [3.63, 3.8) is 0 Å². The molecule has 0 unspecified atom stereocenters. The Morgan fingerprint density at radius 1 is 1.03 bits per heavy atom. The van der Waals surface area contributed by atoms with Gasteiger partial charge in [-0.05, 0) is 54.8 Å². The molecule has 8 heteroatoms. The van der Waals surface area contributed by atoms with Gasteiger partial charge >= 0.3 is 0 Å². The van der Waals surface area contributed by atoms with Crippen molar-refractivity contribution in [2.45, 2.75) is 31.9 Å². The Labute approximate surface area is 184 Å². The van der Waals surface area contributed by atoms with E-state index >= 15 is 0 Å². The number of ether oxygens (including phenoxy) is 1. The van der Waals surface area contributed by atoms with Crippen LogP contribution in [0, 0.1) is 5.92 Å². The zero-order valence-corrected chi connectivity index (χ0v) is 17.5. The van der Waals surface area contributed by atoms with Crippen LogP contribution in [-0.4, -0.2) is 47.6 Å². The number of benzene rings is 2. The maximum absolute atomic E-state index is 13.0. The Morgan fingerprint density at radius 3 is 2.47 bits per heavy atom. The lowest BCUT2D eigenvalue weighted by molar-refractivity contribution is -0.123. The fourth-order valence-corrected chi connectivity index (χ4v) is 4.30. The van der Waals surface area contributed by atoms with Crippen molar-refractivity contribution in [1.29, 1.82) is 0 Å². The Balaban J connectivity index is 1.26. The van der Waals surface area contributed by atoms with Gasteiger partial charge in [-0.15, -0.1) is 0 Å². The van der Waals surface area contributed by atoms with Gasteiger partial charge in [0.15, 0.2) is 11.9 Å². The monoisotopic (exact) mass is 433 g/mol. The van der Waals surface area contributed by atoms with Crippen molar-refractivity contribution in [2.24, 2.45) is 11.7 Å². The van der Waals surface area contributed by atoms with Crippen LogP contribution in [0.25, 0.3) is 0 Å². The van der Waals surface area contributed by atoms with Gasteiger partial charge in [-0.1, -0.05) is 6.07 Å². The molecule has 2 aromatic rings. The minimum atomic E-state index is -0.629. The van der Waals surface area contributed by atoms with Gasteiger partial charge in [0.25, 0.3) is 11.8 Å². The number of anilines is 1. The highest BCUT2D eigenvalue weighted by Gasteiger charge is 2.36. The molecule has 1 atom stereocenters. The molecule has 1 saturated carbocycles. The topological polar surface area (TPSA) is 110 Å². The molecule has 2 fully saturated rings. The molecule has 0 radical (unpaired) electrons. The van der Waals surface area contributed by atoms with Crippen molar-refractivity contribution in [3.8, 4) is 5.75 Å². The van der Waals surface area contributed by atoms with E-state index in [0.717, 1.165) is 18.4 Å². The van der Waals surface area contributed by atoms with Gasteiger partial charge in [-0.25, -0.2) is 0 Å². The smallest absolute Gasteiger partial charge is 0.268 e. The number of nitrogens with zero attached hydrogens (tertiary/aromatic N) is 2. The molecule has 164 valence electrons. The molecule has 5 rings (SSSR count). The molecule has 3 amide bonds. The molecule has 2 aliphatic heterocycles. The van der Waals surface area contributed by atoms with E-state index in [2.05, 4.69) is 0 Å². The molecule has 0 aromatic heterocycles. The van der Waals surface area contributed by atoms with Gasteiger partial charge in [-0.3, -0.25) is 19.2 Å². The van der Waals surface area contributed by atoms with E-state index in [0.29, 0.717) is 42.1 Å². The fraction of sp³-hybridized carbons (Fsp3) is 0.333. The molecule has 0 spiro atoms. The molecule has 32 heavy (non-hydrogen) atoms. The van der Waals surface area contributed by atoms with Gasteiger partial charge < -0.3 is 20.3 Å². The first-order valence-electron chi connectivity index (χ1n) is 10.7. The average Bonchev–Trinajstić information content (AvgIpc) is 3.51.